The molecule has 1 aromatic rings. The van der Waals surface area contributed by atoms with Crippen LogP contribution in [-0.2, 0) is 24.4 Å². The second-order valence-corrected chi connectivity index (χ2v) is 5.28. The molecule has 15 heavy (non-hydrogen) atoms. The number of hydrogen-bond donors (Lipinski definition) is 1. The molecule has 0 aliphatic rings. The number of aryl methyl sites for hydroxylation is 2. The van der Waals surface area contributed by atoms with Crippen LogP contribution in [0.15, 0.2) is 0 Å². The second-order valence-electron chi connectivity index (χ2n) is 3.73. The summed E-state index contributed by atoms with van der Waals surface area (Å²) >= 11 is 0. The van der Waals surface area contributed by atoms with E-state index in [0.29, 0.717) is 5.75 Å². The minimum Gasteiger partial charge on any atom is -0.312 e. The summed E-state index contributed by atoms with van der Waals surface area (Å²) in [6.07, 6.45) is 1.72. The summed E-state index contributed by atoms with van der Waals surface area (Å²) in [4.78, 5) is 0. The van der Waals surface area contributed by atoms with Crippen LogP contribution in [-0.4, -0.2) is 32.5 Å². The van der Waals surface area contributed by atoms with E-state index in [2.05, 4.69) is 17.3 Å². The van der Waals surface area contributed by atoms with Crippen molar-refractivity contribution < 1.29 is 4.21 Å². The van der Waals surface area contributed by atoms with Crippen LogP contribution in [0.3, 0.4) is 0 Å². The first-order valence-corrected chi connectivity index (χ1v) is 6.75. The lowest BCUT2D eigenvalue weighted by atomic mass is 10.2. The van der Waals surface area contributed by atoms with E-state index in [1.807, 2.05) is 18.7 Å². The van der Waals surface area contributed by atoms with Crippen molar-refractivity contribution in [3.63, 3.8) is 0 Å². The Hall–Kier alpha value is -0.680. The average Bonchev–Trinajstić information content (AvgIpc) is 2.37. The molecule has 1 atom stereocenters. The summed E-state index contributed by atoms with van der Waals surface area (Å²) in [6.45, 7) is 5.68. The largest absolute Gasteiger partial charge is 0.312 e. The maximum Gasteiger partial charge on any atom is 0.0641 e. The fourth-order valence-corrected chi connectivity index (χ4v) is 1.93. The molecule has 0 bridgehead atoms. The first-order valence-electron chi connectivity index (χ1n) is 5.02. The molecule has 0 aliphatic carbocycles. The van der Waals surface area contributed by atoms with Gasteiger partial charge in [0.1, 0.15) is 0 Å². The van der Waals surface area contributed by atoms with Gasteiger partial charge in [-0.05, 0) is 13.8 Å². The minimum absolute atomic E-state index is 0.707. The van der Waals surface area contributed by atoms with Gasteiger partial charge in [0.15, 0.2) is 0 Å². The highest BCUT2D eigenvalue weighted by Gasteiger charge is 2.07. The van der Waals surface area contributed by atoms with Gasteiger partial charge in [-0.15, -0.1) is 0 Å². The summed E-state index contributed by atoms with van der Waals surface area (Å²) < 4.78 is 12.7. The van der Waals surface area contributed by atoms with Crippen molar-refractivity contribution in [2.75, 3.05) is 18.6 Å². The van der Waals surface area contributed by atoms with Crippen LogP contribution < -0.4 is 5.32 Å². The lowest BCUT2D eigenvalue weighted by Crippen LogP contribution is -2.20. The highest BCUT2D eigenvalue weighted by molar-refractivity contribution is 7.84. The van der Waals surface area contributed by atoms with Gasteiger partial charge >= 0.3 is 0 Å². The van der Waals surface area contributed by atoms with E-state index in [9.17, 15) is 4.21 Å². The Morgan fingerprint density at radius 2 is 2.13 bits per heavy atom. The monoisotopic (exact) mass is 229 g/mol. The van der Waals surface area contributed by atoms with Gasteiger partial charge < -0.3 is 5.32 Å². The maximum atomic E-state index is 10.8. The number of hydrogen-bond acceptors (Lipinski definition) is 3. The lowest BCUT2D eigenvalue weighted by Gasteiger charge is -2.04. The molecular weight excluding hydrogens is 210 g/mol. The third-order valence-electron chi connectivity index (χ3n) is 2.53. The van der Waals surface area contributed by atoms with Crippen LogP contribution in [0.1, 0.15) is 17.0 Å². The van der Waals surface area contributed by atoms with E-state index in [0.717, 1.165) is 18.8 Å². The number of aromatic nitrogens is 2. The maximum absolute atomic E-state index is 10.8. The molecule has 5 heteroatoms. The molecule has 4 nitrogen and oxygen atoms in total. The molecule has 0 fully saturated rings. The normalized spacial score (nSPS) is 13.1. The van der Waals surface area contributed by atoms with Crippen LogP contribution in [0.25, 0.3) is 0 Å². The molecule has 0 aliphatic heterocycles. The fourth-order valence-electron chi connectivity index (χ4n) is 1.50. The van der Waals surface area contributed by atoms with Gasteiger partial charge in [-0.2, -0.15) is 5.10 Å². The Morgan fingerprint density at radius 3 is 2.60 bits per heavy atom. The van der Waals surface area contributed by atoms with Crippen molar-refractivity contribution >= 4 is 10.8 Å². The molecule has 0 saturated heterocycles. The quantitative estimate of drug-likeness (QED) is 0.748. The Morgan fingerprint density at radius 1 is 1.47 bits per heavy atom. The zero-order valence-corrected chi connectivity index (χ0v) is 10.6. The van der Waals surface area contributed by atoms with E-state index in [-0.39, 0.29) is 0 Å². The van der Waals surface area contributed by atoms with Gasteiger partial charge in [-0.25, -0.2) is 0 Å². The van der Waals surface area contributed by atoms with E-state index >= 15 is 0 Å². The third kappa shape index (κ3) is 3.43. The average molecular weight is 229 g/mol. The molecule has 1 N–H and O–H groups in total. The van der Waals surface area contributed by atoms with Gasteiger partial charge in [-0.3, -0.25) is 8.89 Å². The van der Waals surface area contributed by atoms with E-state index in [4.69, 9.17) is 0 Å². The lowest BCUT2D eigenvalue weighted by molar-refractivity contribution is 0.675. The number of nitrogens with one attached hydrogen (secondary N) is 1. The van der Waals surface area contributed by atoms with E-state index < -0.39 is 10.8 Å². The predicted molar refractivity (Wildman–Crippen MR) is 63.3 cm³/mol. The highest BCUT2D eigenvalue weighted by Crippen LogP contribution is 2.10. The predicted octanol–water partition coefficient (Wildman–Crippen LogP) is 0.505. The summed E-state index contributed by atoms with van der Waals surface area (Å²) in [7, 11) is 1.24. The Kier molecular flexibility index (Phi) is 4.47. The second kappa shape index (κ2) is 5.42. The van der Waals surface area contributed by atoms with Crippen molar-refractivity contribution in [1.82, 2.24) is 15.1 Å². The summed E-state index contributed by atoms with van der Waals surface area (Å²) in [5.74, 6) is 0.707. The molecular formula is C10H19N3OS. The Labute approximate surface area is 93.5 Å². The zero-order chi connectivity index (χ0) is 11.4. The van der Waals surface area contributed by atoms with Crippen LogP contribution >= 0.6 is 0 Å². The molecule has 86 valence electrons. The number of rotatable bonds is 5. The van der Waals surface area contributed by atoms with Crippen LogP contribution in [0.4, 0.5) is 0 Å². The summed E-state index contributed by atoms with van der Waals surface area (Å²) in [5, 5.41) is 7.62. The van der Waals surface area contributed by atoms with Gasteiger partial charge in [-0.1, -0.05) is 0 Å². The zero-order valence-electron chi connectivity index (χ0n) is 9.83. The van der Waals surface area contributed by atoms with Gasteiger partial charge in [0, 0.05) is 54.2 Å². The van der Waals surface area contributed by atoms with Crippen LogP contribution in [0, 0.1) is 13.8 Å². The van der Waals surface area contributed by atoms with Crippen molar-refractivity contribution in [1.29, 1.82) is 0 Å². The van der Waals surface area contributed by atoms with Crippen molar-refractivity contribution in [3.05, 3.63) is 17.0 Å². The number of nitrogens with zero attached hydrogens (tertiary/aromatic N) is 2. The molecule has 0 spiro atoms. The van der Waals surface area contributed by atoms with E-state index in [1.54, 1.807) is 6.26 Å². The molecule has 0 radical (unpaired) electrons. The smallest absolute Gasteiger partial charge is 0.0641 e. The third-order valence-corrected chi connectivity index (χ3v) is 3.31. The first-order chi connectivity index (χ1) is 7.02. The van der Waals surface area contributed by atoms with E-state index in [1.165, 1.54) is 11.3 Å². The fraction of sp³-hybridized carbons (Fsp3) is 0.700. The summed E-state index contributed by atoms with van der Waals surface area (Å²) in [5.41, 5.74) is 3.51. The Bertz CT molecular complexity index is 360. The van der Waals surface area contributed by atoms with Crippen LogP contribution in [0.5, 0.6) is 0 Å². The Balaban J connectivity index is 2.47. The standard InChI is InChI=1S/C10H19N3OS/c1-8-10(9(2)13(3)12-8)7-11-5-6-15(4)14/h11H,5-7H2,1-4H3. The van der Waals surface area contributed by atoms with Crippen molar-refractivity contribution in [2.45, 2.75) is 20.4 Å². The SMILES string of the molecule is Cc1nn(C)c(C)c1CNCCS(C)=O. The highest BCUT2D eigenvalue weighted by atomic mass is 32.2. The summed E-state index contributed by atoms with van der Waals surface area (Å²) in [6, 6.07) is 0. The van der Waals surface area contributed by atoms with Crippen molar-refractivity contribution in [3.8, 4) is 0 Å². The van der Waals surface area contributed by atoms with Gasteiger partial charge in [0.2, 0.25) is 0 Å². The molecule has 0 aromatic carbocycles. The van der Waals surface area contributed by atoms with Gasteiger partial charge in [0.05, 0.1) is 5.69 Å². The first kappa shape index (κ1) is 12.4. The molecule has 1 aromatic heterocycles. The molecule has 0 amide bonds. The molecule has 0 saturated carbocycles. The molecule has 1 unspecified atom stereocenters. The van der Waals surface area contributed by atoms with Gasteiger partial charge in [0.25, 0.3) is 0 Å². The molecule has 1 heterocycles. The minimum atomic E-state index is -0.712. The molecule has 1 rings (SSSR count). The van der Waals surface area contributed by atoms with Crippen LogP contribution in [0.2, 0.25) is 0 Å². The van der Waals surface area contributed by atoms with Crippen molar-refractivity contribution in [2.24, 2.45) is 7.05 Å². The topological polar surface area (TPSA) is 46.9 Å².